The highest BCUT2D eigenvalue weighted by molar-refractivity contribution is 5.59. The van der Waals surface area contributed by atoms with Crippen LogP contribution in [0, 0.1) is 0 Å². The van der Waals surface area contributed by atoms with Crippen molar-refractivity contribution in [3.05, 3.63) is 48.7 Å². The van der Waals surface area contributed by atoms with Gasteiger partial charge in [0.05, 0.1) is 11.9 Å². The fourth-order valence-electron chi connectivity index (χ4n) is 1.30. The van der Waals surface area contributed by atoms with E-state index in [1.54, 1.807) is 6.20 Å². The SMILES string of the molecule is CNc1ccc(Nc2ccccc2)cn1. The molecule has 0 fully saturated rings. The molecule has 1 aromatic carbocycles. The molecule has 0 aliphatic carbocycles. The van der Waals surface area contributed by atoms with Crippen molar-refractivity contribution >= 4 is 17.2 Å². The van der Waals surface area contributed by atoms with E-state index in [4.69, 9.17) is 0 Å². The van der Waals surface area contributed by atoms with Crippen LogP contribution in [0.2, 0.25) is 0 Å². The lowest BCUT2D eigenvalue weighted by molar-refractivity contribution is 1.28. The van der Waals surface area contributed by atoms with Gasteiger partial charge in [-0.2, -0.15) is 0 Å². The first-order chi connectivity index (χ1) is 7.38. The molecule has 0 saturated carbocycles. The summed E-state index contributed by atoms with van der Waals surface area (Å²) in [5.74, 6) is 0.869. The molecule has 2 N–H and O–H groups in total. The minimum absolute atomic E-state index is 0.869. The Kier molecular flexibility index (Phi) is 2.83. The minimum atomic E-state index is 0.869. The van der Waals surface area contributed by atoms with E-state index in [0.717, 1.165) is 17.2 Å². The average molecular weight is 199 g/mol. The highest BCUT2D eigenvalue weighted by Gasteiger charge is 1.94. The largest absolute Gasteiger partial charge is 0.373 e. The van der Waals surface area contributed by atoms with Crippen LogP contribution in [0.5, 0.6) is 0 Å². The van der Waals surface area contributed by atoms with Crippen molar-refractivity contribution in [3.8, 4) is 0 Å². The number of anilines is 3. The molecule has 0 unspecified atom stereocenters. The summed E-state index contributed by atoms with van der Waals surface area (Å²) in [5.41, 5.74) is 2.05. The molecule has 2 rings (SSSR count). The molecular weight excluding hydrogens is 186 g/mol. The number of para-hydroxylation sites is 1. The highest BCUT2D eigenvalue weighted by Crippen LogP contribution is 2.15. The van der Waals surface area contributed by atoms with E-state index >= 15 is 0 Å². The molecular formula is C12H13N3. The maximum absolute atomic E-state index is 4.22. The molecule has 0 aliphatic heterocycles. The number of pyridine rings is 1. The van der Waals surface area contributed by atoms with Crippen molar-refractivity contribution in [2.45, 2.75) is 0 Å². The number of aromatic nitrogens is 1. The Morgan fingerprint density at radius 2 is 1.73 bits per heavy atom. The van der Waals surface area contributed by atoms with Gasteiger partial charge in [0.15, 0.2) is 0 Å². The van der Waals surface area contributed by atoms with Crippen LogP contribution in [-0.2, 0) is 0 Å². The van der Waals surface area contributed by atoms with Crippen LogP contribution in [0.3, 0.4) is 0 Å². The lowest BCUT2D eigenvalue weighted by Crippen LogP contribution is -1.94. The van der Waals surface area contributed by atoms with E-state index in [1.165, 1.54) is 0 Å². The van der Waals surface area contributed by atoms with Gasteiger partial charge in [0.1, 0.15) is 5.82 Å². The van der Waals surface area contributed by atoms with E-state index in [9.17, 15) is 0 Å². The van der Waals surface area contributed by atoms with Crippen LogP contribution in [0.25, 0.3) is 0 Å². The van der Waals surface area contributed by atoms with Crippen molar-refractivity contribution in [2.24, 2.45) is 0 Å². The Bertz CT molecular complexity index is 409. The van der Waals surface area contributed by atoms with Crippen LogP contribution in [0.1, 0.15) is 0 Å². The molecule has 1 aromatic heterocycles. The zero-order chi connectivity index (χ0) is 10.5. The monoisotopic (exact) mass is 199 g/mol. The van der Waals surface area contributed by atoms with Crippen LogP contribution in [-0.4, -0.2) is 12.0 Å². The maximum Gasteiger partial charge on any atom is 0.125 e. The van der Waals surface area contributed by atoms with Crippen molar-refractivity contribution in [3.63, 3.8) is 0 Å². The molecule has 0 saturated heterocycles. The first kappa shape index (κ1) is 9.52. The number of hydrogen-bond acceptors (Lipinski definition) is 3. The molecule has 0 atom stereocenters. The van der Waals surface area contributed by atoms with Gasteiger partial charge >= 0.3 is 0 Å². The van der Waals surface area contributed by atoms with Gasteiger partial charge < -0.3 is 10.6 Å². The third kappa shape index (κ3) is 2.47. The molecule has 3 nitrogen and oxygen atoms in total. The molecule has 15 heavy (non-hydrogen) atoms. The summed E-state index contributed by atoms with van der Waals surface area (Å²) in [6.45, 7) is 0. The van der Waals surface area contributed by atoms with Crippen molar-refractivity contribution < 1.29 is 0 Å². The Labute approximate surface area is 89.2 Å². The van der Waals surface area contributed by atoms with Gasteiger partial charge in [-0.05, 0) is 24.3 Å². The zero-order valence-electron chi connectivity index (χ0n) is 8.57. The summed E-state index contributed by atoms with van der Waals surface area (Å²) < 4.78 is 0. The number of rotatable bonds is 3. The molecule has 1 heterocycles. The predicted molar refractivity (Wildman–Crippen MR) is 63.5 cm³/mol. The number of nitrogens with zero attached hydrogens (tertiary/aromatic N) is 1. The van der Waals surface area contributed by atoms with E-state index < -0.39 is 0 Å². The Hall–Kier alpha value is -2.03. The second-order valence-electron chi connectivity index (χ2n) is 3.17. The molecule has 0 radical (unpaired) electrons. The maximum atomic E-state index is 4.22. The van der Waals surface area contributed by atoms with Gasteiger partial charge in [0.2, 0.25) is 0 Å². The van der Waals surface area contributed by atoms with E-state index in [-0.39, 0.29) is 0 Å². The van der Waals surface area contributed by atoms with Crippen LogP contribution in [0.15, 0.2) is 48.7 Å². The summed E-state index contributed by atoms with van der Waals surface area (Å²) in [4.78, 5) is 4.22. The lowest BCUT2D eigenvalue weighted by Gasteiger charge is -2.06. The van der Waals surface area contributed by atoms with E-state index in [2.05, 4.69) is 15.6 Å². The van der Waals surface area contributed by atoms with Crippen molar-refractivity contribution in [2.75, 3.05) is 17.7 Å². The second-order valence-corrected chi connectivity index (χ2v) is 3.17. The van der Waals surface area contributed by atoms with Gasteiger partial charge in [-0.25, -0.2) is 4.98 Å². The summed E-state index contributed by atoms with van der Waals surface area (Å²) in [6, 6.07) is 14.0. The fraction of sp³-hybridized carbons (Fsp3) is 0.0833. The Morgan fingerprint density at radius 1 is 0.933 bits per heavy atom. The van der Waals surface area contributed by atoms with Gasteiger partial charge in [0, 0.05) is 12.7 Å². The topological polar surface area (TPSA) is 37.0 Å². The van der Waals surface area contributed by atoms with Gasteiger partial charge in [-0.1, -0.05) is 18.2 Å². The van der Waals surface area contributed by atoms with Crippen LogP contribution in [0.4, 0.5) is 17.2 Å². The van der Waals surface area contributed by atoms with Crippen molar-refractivity contribution in [1.29, 1.82) is 0 Å². The molecule has 0 spiro atoms. The molecule has 0 aliphatic rings. The van der Waals surface area contributed by atoms with Gasteiger partial charge in [0.25, 0.3) is 0 Å². The minimum Gasteiger partial charge on any atom is -0.373 e. The first-order valence-electron chi connectivity index (χ1n) is 4.84. The Morgan fingerprint density at radius 3 is 2.33 bits per heavy atom. The third-order valence-electron chi connectivity index (χ3n) is 2.08. The first-order valence-corrected chi connectivity index (χ1v) is 4.84. The lowest BCUT2D eigenvalue weighted by atomic mass is 10.3. The molecule has 0 bridgehead atoms. The average Bonchev–Trinajstić information content (AvgIpc) is 2.31. The second kappa shape index (κ2) is 4.46. The molecule has 0 amide bonds. The summed E-state index contributed by atoms with van der Waals surface area (Å²) in [5, 5.41) is 6.24. The summed E-state index contributed by atoms with van der Waals surface area (Å²) in [7, 11) is 1.85. The van der Waals surface area contributed by atoms with Gasteiger partial charge in [-0.3, -0.25) is 0 Å². The normalized spacial score (nSPS) is 9.67. The number of nitrogens with one attached hydrogen (secondary N) is 2. The summed E-state index contributed by atoms with van der Waals surface area (Å²) >= 11 is 0. The third-order valence-corrected chi connectivity index (χ3v) is 2.08. The van der Waals surface area contributed by atoms with Crippen LogP contribution < -0.4 is 10.6 Å². The standard InChI is InChI=1S/C12H13N3/c1-13-12-8-7-11(9-14-12)15-10-5-3-2-4-6-10/h2-9,15H,1H3,(H,13,14). The molecule has 76 valence electrons. The molecule has 2 aromatic rings. The summed E-state index contributed by atoms with van der Waals surface area (Å²) in [6.07, 6.45) is 1.80. The van der Waals surface area contributed by atoms with E-state index in [1.807, 2.05) is 49.5 Å². The zero-order valence-corrected chi connectivity index (χ0v) is 8.57. The highest BCUT2D eigenvalue weighted by atomic mass is 15.0. The molecule has 3 heteroatoms. The number of benzene rings is 1. The Balaban J connectivity index is 2.11. The van der Waals surface area contributed by atoms with Crippen LogP contribution >= 0.6 is 0 Å². The smallest absolute Gasteiger partial charge is 0.125 e. The quantitative estimate of drug-likeness (QED) is 0.798. The van der Waals surface area contributed by atoms with E-state index in [0.29, 0.717) is 0 Å². The fourth-order valence-corrected chi connectivity index (χ4v) is 1.30. The van der Waals surface area contributed by atoms with Crippen molar-refractivity contribution in [1.82, 2.24) is 4.98 Å². The predicted octanol–water partition coefficient (Wildman–Crippen LogP) is 2.87. The number of hydrogen-bond donors (Lipinski definition) is 2. The van der Waals surface area contributed by atoms with Gasteiger partial charge in [-0.15, -0.1) is 0 Å².